The molecule has 1 N–H and O–H groups in total. The van der Waals surface area contributed by atoms with E-state index in [0.29, 0.717) is 17.0 Å². The molecule has 0 aliphatic heterocycles. The van der Waals surface area contributed by atoms with Crippen LogP contribution in [-0.2, 0) is 17.1 Å². The molecule has 0 saturated carbocycles. The summed E-state index contributed by atoms with van der Waals surface area (Å²) < 4.78 is 34.6. The number of rotatable bonds is 4. The SMILES string of the molecule is COc1ccccc1NS(=O)(=O)c1ccc2c(c1)ncn2C. The zero-order valence-corrected chi connectivity index (χ0v) is 13.0. The van der Waals surface area contributed by atoms with Crippen molar-refractivity contribution in [2.75, 3.05) is 11.8 Å². The number of benzene rings is 2. The zero-order valence-electron chi connectivity index (χ0n) is 12.1. The number of nitrogens with one attached hydrogen (secondary N) is 1. The van der Waals surface area contributed by atoms with Crippen LogP contribution in [0.15, 0.2) is 53.7 Å². The summed E-state index contributed by atoms with van der Waals surface area (Å²) in [6, 6.07) is 11.7. The maximum Gasteiger partial charge on any atom is 0.262 e. The summed E-state index contributed by atoms with van der Waals surface area (Å²) in [7, 11) is -0.357. The largest absolute Gasteiger partial charge is 0.495 e. The van der Waals surface area contributed by atoms with Gasteiger partial charge in [0, 0.05) is 7.05 Å². The Morgan fingerprint density at radius 2 is 1.95 bits per heavy atom. The Bertz CT molecular complexity index is 932. The molecule has 7 heteroatoms. The van der Waals surface area contributed by atoms with E-state index >= 15 is 0 Å². The number of nitrogens with zero attached hydrogens (tertiary/aromatic N) is 2. The highest BCUT2D eigenvalue weighted by atomic mass is 32.2. The normalized spacial score (nSPS) is 11.5. The molecule has 0 atom stereocenters. The Kier molecular flexibility index (Phi) is 3.50. The van der Waals surface area contributed by atoms with Crippen molar-refractivity contribution in [1.29, 1.82) is 0 Å². The lowest BCUT2D eigenvalue weighted by Gasteiger charge is -2.11. The monoisotopic (exact) mass is 317 g/mol. The van der Waals surface area contributed by atoms with Gasteiger partial charge in [0.25, 0.3) is 10.0 Å². The summed E-state index contributed by atoms with van der Waals surface area (Å²) in [6.45, 7) is 0. The molecule has 22 heavy (non-hydrogen) atoms. The summed E-state index contributed by atoms with van der Waals surface area (Å²) in [4.78, 5) is 4.34. The molecule has 0 radical (unpaired) electrons. The van der Waals surface area contributed by atoms with E-state index in [0.717, 1.165) is 5.52 Å². The van der Waals surface area contributed by atoms with E-state index in [2.05, 4.69) is 9.71 Å². The summed E-state index contributed by atoms with van der Waals surface area (Å²) in [5.41, 5.74) is 1.90. The highest BCUT2D eigenvalue weighted by molar-refractivity contribution is 7.92. The number of hydrogen-bond donors (Lipinski definition) is 1. The molecule has 0 amide bonds. The van der Waals surface area contributed by atoms with Gasteiger partial charge in [-0.1, -0.05) is 12.1 Å². The van der Waals surface area contributed by atoms with Crippen molar-refractivity contribution in [2.45, 2.75) is 4.90 Å². The van der Waals surface area contributed by atoms with Crippen molar-refractivity contribution >= 4 is 26.7 Å². The van der Waals surface area contributed by atoms with E-state index in [1.54, 1.807) is 48.8 Å². The number of fused-ring (bicyclic) bond motifs is 1. The van der Waals surface area contributed by atoms with E-state index in [9.17, 15) is 8.42 Å². The summed E-state index contributed by atoms with van der Waals surface area (Å²) in [6.07, 6.45) is 1.65. The second-order valence-electron chi connectivity index (χ2n) is 4.81. The average Bonchev–Trinajstić information content (AvgIpc) is 2.88. The van der Waals surface area contributed by atoms with Crippen molar-refractivity contribution in [3.63, 3.8) is 0 Å². The van der Waals surface area contributed by atoms with Crippen LogP contribution in [0.2, 0.25) is 0 Å². The lowest BCUT2D eigenvalue weighted by atomic mass is 10.3. The first-order valence-corrected chi connectivity index (χ1v) is 8.06. The fourth-order valence-electron chi connectivity index (χ4n) is 2.22. The van der Waals surface area contributed by atoms with Crippen LogP contribution in [0.25, 0.3) is 11.0 Å². The first-order valence-electron chi connectivity index (χ1n) is 6.58. The molecule has 0 aliphatic rings. The van der Waals surface area contributed by atoms with Crippen LogP contribution in [0, 0.1) is 0 Å². The zero-order chi connectivity index (χ0) is 15.7. The number of anilines is 1. The number of imidazole rings is 1. The van der Waals surface area contributed by atoms with Gasteiger partial charge < -0.3 is 9.30 Å². The molecule has 114 valence electrons. The fraction of sp³-hybridized carbons (Fsp3) is 0.133. The number of aryl methyl sites for hydroxylation is 1. The lowest BCUT2D eigenvalue weighted by molar-refractivity contribution is 0.417. The standard InChI is InChI=1S/C15H15N3O3S/c1-18-10-16-13-9-11(7-8-14(13)18)22(19,20)17-12-5-3-4-6-15(12)21-2/h3-10,17H,1-2H3. The molecule has 2 aromatic carbocycles. The van der Waals surface area contributed by atoms with Crippen molar-refractivity contribution in [3.05, 3.63) is 48.8 Å². The predicted molar refractivity (Wildman–Crippen MR) is 84.5 cm³/mol. The van der Waals surface area contributed by atoms with Crippen molar-refractivity contribution in [1.82, 2.24) is 9.55 Å². The average molecular weight is 317 g/mol. The highest BCUT2D eigenvalue weighted by Gasteiger charge is 2.17. The van der Waals surface area contributed by atoms with Crippen molar-refractivity contribution < 1.29 is 13.2 Å². The van der Waals surface area contributed by atoms with Crippen LogP contribution < -0.4 is 9.46 Å². The van der Waals surface area contributed by atoms with Gasteiger partial charge in [-0.25, -0.2) is 13.4 Å². The quantitative estimate of drug-likeness (QED) is 0.802. The molecule has 0 unspecified atom stereocenters. The Morgan fingerprint density at radius 3 is 2.73 bits per heavy atom. The molecule has 1 heterocycles. The van der Waals surface area contributed by atoms with Gasteiger partial charge in [0.15, 0.2) is 0 Å². The molecule has 0 aliphatic carbocycles. The van der Waals surface area contributed by atoms with Crippen LogP contribution in [0.5, 0.6) is 5.75 Å². The molecule has 1 aromatic heterocycles. The molecule has 0 spiro atoms. The molecule has 3 aromatic rings. The van der Waals surface area contributed by atoms with Crippen LogP contribution >= 0.6 is 0 Å². The van der Waals surface area contributed by atoms with Gasteiger partial charge in [0.1, 0.15) is 5.75 Å². The topological polar surface area (TPSA) is 73.2 Å². The number of methoxy groups -OCH3 is 1. The number of aromatic nitrogens is 2. The third kappa shape index (κ3) is 2.50. The molecular weight excluding hydrogens is 302 g/mol. The van der Waals surface area contributed by atoms with E-state index < -0.39 is 10.0 Å². The molecule has 6 nitrogen and oxygen atoms in total. The van der Waals surface area contributed by atoms with Gasteiger partial charge in [-0.3, -0.25) is 4.72 Å². The van der Waals surface area contributed by atoms with E-state index in [1.165, 1.54) is 7.11 Å². The van der Waals surface area contributed by atoms with Crippen LogP contribution in [0.3, 0.4) is 0 Å². The number of ether oxygens (including phenoxy) is 1. The van der Waals surface area contributed by atoms with Crippen molar-refractivity contribution in [3.8, 4) is 5.75 Å². The number of para-hydroxylation sites is 2. The van der Waals surface area contributed by atoms with E-state index in [4.69, 9.17) is 4.74 Å². The fourth-order valence-corrected chi connectivity index (χ4v) is 3.31. The minimum Gasteiger partial charge on any atom is -0.495 e. The van der Waals surface area contributed by atoms with Gasteiger partial charge in [0.05, 0.1) is 35.1 Å². The third-order valence-electron chi connectivity index (χ3n) is 3.36. The summed E-state index contributed by atoms with van der Waals surface area (Å²) in [5.74, 6) is 0.463. The smallest absolute Gasteiger partial charge is 0.262 e. The Morgan fingerprint density at radius 1 is 1.18 bits per heavy atom. The molecule has 0 saturated heterocycles. The van der Waals surface area contributed by atoms with Gasteiger partial charge in [-0.2, -0.15) is 0 Å². The second-order valence-corrected chi connectivity index (χ2v) is 6.49. The van der Waals surface area contributed by atoms with Crippen LogP contribution in [0.1, 0.15) is 0 Å². The van der Waals surface area contributed by atoms with E-state index in [1.807, 2.05) is 11.6 Å². The number of hydrogen-bond acceptors (Lipinski definition) is 4. The molecule has 3 rings (SSSR count). The van der Waals surface area contributed by atoms with Gasteiger partial charge in [-0.05, 0) is 30.3 Å². The predicted octanol–water partition coefficient (Wildman–Crippen LogP) is 2.38. The maximum absolute atomic E-state index is 12.5. The maximum atomic E-state index is 12.5. The first-order chi connectivity index (χ1) is 10.5. The van der Waals surface area contributed by atoms with Crippen LogP contribution in [-0.4, -0.2) is 25.1 Å². The van der Waals surface area contributed by atoms with Gasteiger partial charge in [-0.15, -0.1) is 0 Å². The number of sulfonamides is 1. The Labute approximate surface area is 128 Å². The lowest BCUT2D eigenvalue weighted by Crippen LogP contribution is -2.13. The van der Waals surface area contributed by atoms with Gasteiger partial charge in [0.2, 0.25) is 0 Å². The molecule has 0 bridgehead atoms. The Hall–Kier alpha value is -2.54. The highest BCUT2D eigenvalue weighted by Crippen LogP contribution is 2.27. The third-order valence-corrected chi connectivity index (χ3v) is 4.72. The van der Waals surface area contributed by atoms with Crippen molar-refractivity contribution in [2.24, 2.45) is 7.05 Å². The summed E-state index contributed by atoms with van der Waals surface area (Å²) in [5, 5.41) is 0. The van der Waals surface area contributed by atoms with E-state index in [-0.39, 0.29) is 4.90 Å². The van der Waals surface area contributed by atoms with Gasteiger partial charge >= 0.3 is 0 Å². The molecule has 0 fully saturated rings. The van der Waals surface area contributed by atoms with Crippen LogP contribution in [0.4, 0.5) is 5.69 Å². The second kappa shape index (κ2) is 5.34. The first kappa shape index (κ1) is 14.4. The molecular formula is C15H15N3O3S. The Balaban J connectivity index is 2.00. The summed E-state index contributed by atoms with van der Waals surface area (Å²) >= 11 is 0. The minimum atomic E-state index is -3.71. The minimum absolute atomic E-state index is 0.157.